The Morgan fingerprint density at radius 3 is 2.40 bits per heavy atom. The Bertz CT molecular complexity index is 1130. The fourth-order valence-corrected chi connectivity index (χ4v) is 3.11. The van der Waals surface area contributed by atoms with Gasteiger partial charge in [0.15, 0.2) is 22.9 Å². The number of halogens is 1. The van der Waals surface area contributed by atoms with E-state index in [9.17, 15) is 14.7 Å². The molecule has 0 spiro atoms. The molecular formula is C21H20BrN3O5. The number of ether oxygens (including phenoxy) is 2. The quantitative estimate of drug-likeness (QED) is 0.569. The van der Waals surface area contributed by atoms with Crippen LogP contribution in [0.1, 0.15) is 29.0 Å². The third kappa shape index (κ3) is 4.46. The lowest BCUT2D eigenvalue weighted by Gasteiger charge is -2.17. The second-order valence-corrected chi connectivity index (χ2v) is 7.33. The van der Waals surface area contributed by atoms with Crippen LogP contribution in [0.4, 0.5) is 0 Å². The Morgan fingerprint density at radius 2 is 1.77 bits per heavy atom. The number of benzene rings is 2. The van der Waals surface area contributed by atoms with Crippen molar-refractivity contribution in [2.24, 2.45) is 0 Å². The molecule has 1 heterocycles. The lowest BCUT2D eigenvalue weighted by Crippen LogP contribution is -2.31. The van der Waals surface area contributed by atoms with Crippen molar-refractivity contribution in [3.8, 4) is 22.9 Å². The van der Waals surface area contributed by atoms with Crippen LogP contribution in [0.25, 0.3) is 5.69 Å². The second kappa shape index (κ2) is 9.00. The molecule has 0 aliphatic heterocycles. The van der Waals surface area contributed by atoms with E-state index in [0.29, 0.717) is 17.2 Å². The third-order valence-corrected chi connectivity index (χ3v) is 4.98. The molecule has 1 aromatic heterocycles. The van der Waals surface area contributed by atoms with Crippen LogP contribution in [0, 0.1) is 0 Å². The van der Waals surface area contributed by atoms with E-state index in [1.165, 1.54) is 14.2 Å². The Labute approximate surface area is 181 Å². The molecule has 0 aliphatic rings. The maximum atomic E-state index is 12.8. The standard InChI is InChI=1S/C21H20BrN3O5/c1-12(13-4-9-17(29-2)18(10-13)30-3)23-21(28)20-16(26)11-19(27)25(24-20)15-7-5-14(22)6-8-15/h4-12,26H,1-3H3,(H,23,28). The highest BCUT2D eigenvalue weighted by atomic mass is 79.9. The highest BCUT2D eigenvalue weighted by Gasteiger charge is 2.20. The van der Waals surface area contributed by atoms with Crippen LogP contribution in [0.3, 0.4) is 0 Å². The van der Waals surface area contributed by atoms with Gasteiger partial charge in [-0.3, -0.25) is 9.59 Å². The number of nitrogens with one attached hydrogen (secondary N) is 1. The number of nitrogens with zero attached hydrogens (tertiary/aromatic N) is 2. The largest absolute Gasteiger partial charge is 0.505 e. The molecule has 1 atom stereocenters. The van der Waals surface area contributed by atoms with Crippen LogP contribution in [0.15, 0.2) is 57.8 Å². The number of methoxy groups -OCH3 is 2. The van der Waals surface area contributed by atoms with Crippen LogP contribution in [0.5, 0.6) is 17.2 Å². The molecule has 2 N–H and O–H groups in total. The van der Waals surface area contributed by atoms with E-state index in [0.717, 1.165) is 20.8 Å². The smallest absolute Gasteiger partial charge is 0.276 e. The van der Waals surface area contributed by atoms with Gasteiger partial charge in [-0.15, -0.1) is 0 Å². The minimum Gasteiger partial charge on any atom is -0.505 e. The van der Waals surface area contributed by atoms with Gasteiger partial charge in [-0.1, -0.05) is 22.0 Å². The van der Waals surface area contributed by atoms with Gasteiger partial charge in [0.1, 0.15) is 0 Å². The fraction of sp³-hybridized carbons (Fsp3) is 0.190. The summed E-state index contributed by atoms with van der Waals surface area (Å²) >= 11 is 3.33. The van der Waals surface area contributed by atoms with Crippen molar-refractivity contribution in [3.63, 3.8) is 0 Å². The van der Waals surface area contributed by atoms with Crippen LogP contribution >= 0.6 is 15.9 Å². The number of hydrogen-bond acceptors (Lipinski definition) is 6. The van der Waals surface area contributed by atoms with E-state index in [1.807, 2.05) is 0 Å². The van der Waals surface area contributed by atoms with Crippen molar-refractivity contribution in [3.05, 3.63) is 74.6 Å². The van der Waals surface area contributed by atoms with E-state index >= 15 is 0 Å². The summed E-state index contributed by atoms with van der Waals surface area (Å²) in [5.74, 6) is -0.0208. The average molecular weight is 474 g/mol. The lowest BCUT2D eigenvalue weighted by molar-refractivity contribution is 0.0929. The van der Waals surface area contributed by atoms with Crippen LogP contribution < -0.4 is 20.3 Å². The van der Waals surface area contributed by atoms with Crippen LogP contribution in [0.2, 0.25) is 0 Å². The maximum Gasteiger partial charge on any atom is 0.276 e. The summed E-state index contributed by atoms with van der Waals surface area (Å²) in [6, 6.07) is 12.6. The zero-order valence-corrected chi connectivity index (χ0v) is 18.1. The summed E-state index contributed by atoms with van der Waals surface area (Å²) in [7, 11) is 3.07. The Hall–Kier alpha value is -3.33. The summed E-state index contributed by atoms with van der Waals surface area (Å²) in [6.07, 6.45) is 0. The molecule has 0 fully saturated rings. The monoisotopic (exact) mass is 473 g/mol. The van der Waals surface area contributed by atoms with Crippen molar-refractivity contribution in [2.45, 2.75) is 13.0 Å². The SMILES string of the molecule is COc1ccc(C(C)NC(=O)c2nn(-c3ccc(Br)cc3)c(=O)cc2O)cc1OC. The van der Waals surface area contributed by atoms with Gasteiger partial charge in [-0.2, -0.15) is 9.78 Å². The van der Waals surface area contributed by atoms with Gasteiger partial charge in [-0.05, 0) is 48.9 Å². The second-order valence-electron chi connectivity index (χ2n) is 6.41. The summed E-state index contributed by atoms with van der Waals surface area (Å²) in [5.41, 5.74) is 0.413. The van der Waals surface area contributed by atoms with Crippen LogP contribution in [-0.4, -0.2) is 35.0 Å². The van der Waals surface area contributed by atoms with Crippen molar-refractivity contribution < 1.29 is 19.4 Å². The minimum absolute atomic E-state index is 0.259. The first kappa shape index (κ1) is 21.4. The molecule has 0 radical (unpaired) electrons. The van der Waals surface area contributed by atoms with E-state index in [1.54, 1.807) is 49.4 Å². The number of rotatable bonds is 6. The molecular weight excluding hydrogens is 454 g/mol. The highest BCUT2D eigenvalue weighted by Crippen LogP contribution is 2.30. The van der Waals surface area contributed by atoms with Gasteiger partial charge in [0.2, 0.25) is 0 Å². The first-order chi connectivity index (χ1) is 14.3. The average Bonchev–Trinajstić information content (AvgIpc) is 2.74. The van der Waals surface area contributed by atoms with E-state index in [4.69, 9.17) is 9.47 Å². The van der Waals surface area contributed by atoms with Crippen molar-refractivity contribution in [1.82, 2.24) is 15.1 Å². The van der Waals surface area contributed by atoms with Gasteiger partial charge in [0, 0.05) is 10.5 Å². The van der Waals surface area contributed by atoms with Gasteiger partial charge in [0.05, 0.1) is 25.9 Å². The molecule has 30 heavy (non-hydrogen) atoms. The minimum atomic E-state index is -0.624. The van der Waals surface area contributed by atoms with Gasteiger partial charge in [0.25, 0.3) is 11.5 Å². The van der Waals surface area contributed by atoms with Crippen molar-refractivity contribution in [2.75, 3.05) is 14.2 Å². The molecule has 1 amide bonds. The van der Waals surface area contributed by atoms with E-state index in [-0.39, 0.29) is 5.69 Å². The topological polar surface area (TPSA) is 103 Å². The number of aromatic nitrogens is 2. The number of carbonyl (C=O) groups is 1. The Kier molecular flexibility index (Phi) is 6.41. The summed E-state index contributed by atoms with van der Waals surface area (Å²) in [5, 5.41) is 17.0. The number of aromatic hydroxyl groups is 1. The Morgan fingerprint density at radius 1 is 1.10 bits per heavy atom. The first-order valence-corrected chi connectivity index (χ1v) is 9.75. The molecule has 3 aromatic rings. The van der Waals surface area contributed by atoms with Gasteiger partial charge >= 0.3 is 0 Å². The molecule has 0 bridgehead atoms. The molecule has 0 aliphatic carbocycles. The Balaban J connectivity index is 1.89. The number of hydrogen-bond donors (Lipinski definition) is 2. The van der Waals surface area contributed by atoms with E-state index < -0.39 is 23.3 Å². The normalized spacial score (nSPS) is 11.6. The maximum absolute atomic E-state index is 12.8. The van der Waals surface area contributed by atoms with Crippen molar-refractivity contribution >= 4 is 21.8 Å². The summed E-state index contributed by atoms with van der Waals surface area (Å²) in [4.78, 5) is 25.0. The molecule has 1 unspecified atom stereocenters. The lowest BCUT2D eigenvalue weighted by atomic mass is 10.1. The first-order valence-electron chi connectivity index (χ1n) is 8.96. The van der Waals surface area contributed by atoms with Crippen molar-refractivity contribution in [1.29, 1.82) is 0 Å². The zero-order chi connectivity index (χ0) is 21.8. The summed E-state index contributed by atoms with van der Waals surface area (Å²) < 4.78 is 12.4. The molecule has 3 rings (SSSR count). The highest BCUT2D eigenvalue weighted by molar-refractivity contribution is 9.10. The van der Waals surface area contributed by atoms with Crippen LogP contribution in [-0.2, 0) is 0 Å². The van der Waals surface area contributed by atoms with E-state index in [2.05, 4.69) is 26.3 Å². The molecule has 8 nitrogen and oxygen atoms in total. The summed E-state index contributed by atoms with van der Waals surface area (Å²) in [6.45, 7) is 1.78. The molecule has 0 saturated carbocycles. The molecule has 0 saturated heterocycles. The zero-order valence-electron chi connectivity index (χ0n) is 16.5. The molecule has 9 heteroatoms. The fourth-order valence-electron chi connectivity index (χ4n) is 2.85. The van der Waals surface area contributed by atoms with Gasteiger partial charge < -0.3 is 19.9 Å². The number of carbonyl (C=O) groups excluding carboxylic acids is 1. The predicted octanol–water partition coefficient (Wildman–Crippen LogP) is 3.21. The number of amides is 1. The predicted molar refractivity (Wildman–Crippen MR) is 115 cm³/mol. The molecule has 156 valence electrons. The van der Waals surface area contributed by atoms with Gasteiger partial charge in [-0.25, -0.2) is 0 Å². The third-order valence-electron chi connectivity index (χ3n) is 4.45. The molecule has 2 aromatic carbocycles.